The Morgan fingerprint density at radius 1 is 1.31 bits per heavy atom. The van der Waals surface area contributed by atoms with Crippen LogP contribution in [0.1, 0.15) is 24.7 Å². The highest BCUT2D eigenvalue weighted by Gasteiger charge is 2.02. The molecule has 0 radical (unpaired) electrons. The van der Waals surface area contributed by atoms with Gasteiger partial charge < -0.3 is 9.47 Å². The van der Waals surface area contributed by atoms with E-state index >= 15 is 0 Å². The van der Waals surface area contributed by atoms with E-state index in [1.54, 1.807) is 13.0 Å². The molecule has 0 aliphatic carbocycles. The molecule has 0 saturated carbocycles. The molecule has 0 spiro atoms. The van der Waals surface area contributed by atoms with Crippen molar-refractivity contribution in [2.24, 2.45) is 0 Å². The zero-order chi connectivity index (χ0) is 11.8. The van der Waals surface area contributed by atoms with Crippen LogP contribution in [0.4, 0.5) is 0 Å². The average Bonchev–Trinajstić information content (AvgIpc) is 2.28. The molecule has 0 amide bonds. The summed E-state index contributed by atoms with van der Waals surface area (Å²) in [4.78, 5) is 7.98. The molecule has 0 unspecified atom stereocenters. The van der Waals surface area contributed by atoms with Crippen molar-refractivity contribution in [1.82, 2.24) is 9.97 Å². The lowest BCUT2D eigenvalue weighted by Gasteiger charge is -2.05. The predicted octanol–water partition coefficient (Wildman–Crippen LogP) is 1.46. The summed E-state index contributed by atoms with van der Waals surface area (Å²) in [5, 5.41) is 8.71. The average molecular weight is 221 g/mol. The van der Waals surface area contributed by atoms with Crippen LogP contribution >= 0.6 is 0 Å². The summed E-state index contributed by atoms with van der Waals surface area (Å²) in [5.41, 5.74) is 1.04. The van der Waals surface area contributed by atoms with Crippen LogP contribution in [0.3, 0.4) is 0 Å². The summed E-state index contributed by atoms with van der Waals surface area (Å²) in [6.45, 7) is 5.47. The van der Waals surface area contributed by atoms with Crippen molar-refractivity contribution >= 4 is 0 Å². The van der Waals surface area contributed by atoms with E-state index in [1.807, 2.05) is 13.0 Å². The summed E-state index contributed by atoms with van der Waals surface area (Å²) in [6.07, 6.45) is 0.986. The zero-order valence-corrected chi connectivity index (χ0v) is 9.56. The maximum atomic E-state index is 8.71. The van der Waals surface area contributed by atoms with Crippen molar-refractivity contribution < 1.29 is 9.47 Å². The predicted molar refractivity (Wildman–Crippen MR) is 58.1 cm³/mol. The maximum Gasteiger partial charge on any atom is 0.317 e. The molecule has 0 bridgehead atoms. The van der Waals surface area contributed by atoms with E-state index in [0.717, 1.165) is 18.7 Å². The lowest BCUT2D eigenvalue weighted by atomic mass is 10.3. The Morgan fingerprint density at radius 2 is 2.12 bits per heavy atom. The highest BCUT2D eigenvalue weighted by atomic mass is 16.5. The van der Waals surface area contributed by atoms with Gasteiger partial charge in [-0.2, -0.15) is 10.2 Å². The normalized spacial score (nSPS) is 9.81. The lowest BCUT2D eigenvalue weighted by molar-refractivity contribution is 0.0971. The first-order chi connectivity index (χ1) is 7.76. The van der Waals surface area contributed by atoms with Crippen LogP contribution in [0.15, 0.2) is 6.07 Å². The fraction of sp³-hybridized carbons (Fsp3) is 0.545. The molecule has 5 heteroatoms. The van der Waals surface area contributed by atoms with Crippen molar-refractivity contribution in [1.29, 1.82) is 5.26 Å². The van der Waals surface area contributed by atoms with Gasteiger partial charge in [-0.05, 0) is 19.4 Å². The summed E-state index contributed by atoms with van der Waals surface area (Å²) in [5.74, 6) is 0. The minimum Gasteiger partial charge on any atom is -0.461 e. The molecule has 0 fully saturated rings. The van der Waals surface area contributed by atoms with Crippen LogP contribution in [0.5, 0.6) is 6.01 Å². The van der Waals surface area contributed by atoms with Crippen molar-refractivity contribution in [2.75, 3.05) is 19.8 Å². The van der Waals surface area contributed by atoms with Gasteiger partial charge in [0.25, 0.3) is 0 Å². The van der Waals surface area contributed by atoms with Gasteiger partial charge in [-0.3, -0.25) is 0 Å². The van der Waals surface area contributed by atoms with Gasteiger partial charge in [-0.25, -0.2) is 4.98 Å². The molecule has 0 aliphatic heterocycles. The second-order valence-electron chi connectivity index (χ2n) is 3.25. The molecule has 1 heterocycles. The van der Waals surface area contributed by atoms with Gasteiger partial charge in [0.1, 0.15) is 18.4 Å². The van der Waals surface area contributed by atoms with Gasteiger partial charge in [-0.15, -0.1) is 0 Å². The summed E-state index contributed by atoms with van der Waals surface area (Å²) in [7, 11) is 0. The smallest absolute Gasteiger partial charge is 0.317 e. The van der Waals surface area contributed by atoms with Crippen molar-refractivity contribution in [2.45, 2.75) is 20.3 Å². The molecule has 0 aliphatic rings. The first-order valence-electron chi connectivity index (χ1n) is 5.22. The SMILES string of the molecule is CCCOCCOc1nc(C)cc(C#N)n1. The van der Waals surface area contributed by atoms with E-state index in [0.29, 0.717) is 18.9 Å². The van der Waals surface area contributed by atoms with Crippen molar-refractivity contribution in [3.63, 3.8) is 0 Å². The minimum atomic E-state index is 0.233. The molecule has 5 nitrogen and oxygen atoms in total. The molecular weight excluding hydrogens is 206 g/mol. The highest BCUT2D eigenvalue weighted by molar-refractivity contribution is 5.23. The number of nitriles is 1. The fourth-order valence-corrected chi connectivity index (χ4v) is 1.10. The van der Waals surface area contributed by atoms with Crippen LogP contribution < -0.4 is 4.74 Å². The van der Waals surface area contributed by atoms with E-state index < -0.39 is 0 Å². The van der Waals surface area contributed by atoms with Gasteiger partial charge in [0, 0.05) is 12.3 Å². The Bertz CT molecular complexity index is 374. The van der Waals surface area contributed by atoms with Crippen molar-refractivity contribution in [3.05, 3.63) is 17.5 Å². The van der Waals surface area contributed by atoms with E-state index in [9.17, 15) is 0 Å². The molecule has 1 aromatic heterocycles. The Labute approximate surface area is 95.0 Å². The molecule has 0 aromatic carbocycles. The molecule has 0 atom stereocenters. The lowest BCUT2D eigenvalue weighted by Crippen LogP contribution is -2.09. The van der Waals surface area contributed by atoms with Crippen LogP contribution in [0, 0.1) is 18.3 Å². The summed E-state index contributed by atoms with van der Waals surface area (Å²) >= 11 is 0. The quantitative estimate of drug-likeness (QED) is 0.680. The number of aromatic nitrogens is 2. The number of rotatable bonds is 6. The molecule has 1 aromatic rings. The third-order valence-corrected chi connectivity index (χ3v) is 1.76. The van der Waals surface area contributed by atoms with E-state index in [-0.39, 0.29) is 6.01 Å². The number of nitrogens with zero attached hydrogens (tertiary/aromatic N) is 3. The van der Waals surface area contributed by atoms with Crippen LogP contribution in [-0.2, 0) is 4.74 Å². The molecule has 0 N–H and O–H groups in total. The number of hydrogen-bond donors (Lipinski definition) is 0. The van der Waals surface area contributed by atoms with Gasteiger partial charge >= 0.3 is 6.01 Å². The molecule has 1 rings (SSSR count). The third-order valence-electron chi connectivity index (χ3n) is 1.76. The Kier molecular flexibility index (Phi) is 5.23. The van der Waals surface area contributed by atoms with Gasteiger partial charge in [0.05, 0.1) is 6.61 Å². The topological polar surface area (TPSA) is 68.0 Å². The number of hydrogen-bond acceptors (Lipinski definition) is 5. The van der Waals surface area contributed by atoms with Gasteiger partial charge in [0.2, 0.25) is 0 Å². The zero-order valence-electron chi connectivity index (χ0n) is 9.56. The Hall–Kier alpha value is -1.67. The first-order valence-corrected chi connectivity index (χ1v) is 5.22. The Balaban J connectivity index is 2.42. The minimum absolute atomic E-state index is 0.233. The second kappa shape index (κ2) is 6.75. The molecule has 0 saturated heterocycles. The molecular formula is C11H15N3O2. The second-order valence-corrected chi connectivity index (χ2v) is 3.25. The van der Waals surface area contributed by atoms with Crippen LogP contribution in [0.25, 0.3) is 0 Å². The summed E-state index contributed by atoms with van der Waals surface area (Å²) in [6, 6.07) is 3.80. The van der Waals surface area contributed by atoms with Crippen LogP contribution in [0.2, 0.25) is 0 Å². The Morgan fingerprint density at radius 3 is 2.81 bits per heavy atom. The largest absolute Gasteiger partial charge is 0.461 e. The highest BCUT2D eigenvalue weighted by Crippen LogP contribution is 2.05. The van der Waals surface area contributed by atoms with E-state index in [4.69, 9.17) is 14.7 Å². The third kappa shape index (κ3) is 4.24. The van der Waals surface area contributed by atoms with Crippen molar-refractivity contribution in [3.8, 4) is 12.1 Å². The molecule has 86 valence electrons. The first kappa shape index (κ1) is 12.4. The van der Waals surface area contributed by atoms with Gasteiger partial charge in [0.15, 0.2) is 0 Å². The standard InChI is InChI=1S/C11H15N3O2/c1-3-4-15-5-6-16-11-13-9(2)7-10(8-12)14-11/h7H,3-6H2,1-2H3. The van der Waals surface area contributed by atoms with E-state index in [1.165, 1.54) is 0 Å². The van der Waals surface area contributed by atoms with E-state index in [2.05, 4.69) is 9.97 Å². The van der Waals surface area contributed by atoms with Crippen LogP contribution in [-0.4, -0.2) is 29.8 Å². The number of ether oxygens (including phenoxy) is 2. The number of aryl methyl sites for hydroxylation is 1. The maximum absolute atomic E-state index is 8.71. The fourth-order valence-electron chi connectivity index (χ4n) is 1.10. The van der Waals surface area contributed by atoms with Gasteiger partial charge in [-0.1, -0.05) is 6.92 Å². The summed E-state index contributed by atoms with van der Waals surface area (Å²) < 4.78 is 10.5. The monoisotopic (exact) mass is 221 g/mol. The molecule has 16 heavy (non-hydrogen) atoms.